The van der Waals surface area contributed by atoms with Crippen molar-refractivity contribution < 1.29 is 18.3 Å². The Morgan fingerprint density at radius 2 is 1.90 bits per heavy atom. The van der Waals surface area contributed by atoms with E-state index >= 15 is 0 Å². The number of carbonyl (C=O) groups is 1. The normalized spacial score (nSPS) is 11.1. The van der Waals surface area contributed by atoms with Crippen molar-refractivity contribution in [2.45, 2.75) is 6.61 Å². The lowest BCUT2D eigenvalue weighted by molar-refractivity contribution is 0.0929. The summed E-state index contributed by atoms with van der Waals surface area (Å²) in [5, 5.41) is 4.80. The molecule has 0 aliphatic carbocycles. The van der Waals surface area contributed by atoms with Crippen molar-refractivity contribution in [1.82, 2.24) is 5.43 Å². The summed E-state index contributed by atoms with van der Waals surface area (Å²) in [6, 6.07) is 20.7. The van der Waals surface area contributed by atoms with Crippen LogP contribution in [0.15, 0.2) is 86.8 Å². The molecule has 150 valence electrons. The van der Waals surface area contributed by atoms with Gasteiger partial charge in [0.05, 0.1) is 6.21 Å². The highest BCUT2D eigenvalue weighted by molar-refractivity contribution is 9.10. The summed E-state index contributed by atoms with van der Waals surface area (Å²) in [4.78, 5) is 12.3. The Morgan fingerprint density at radius 1 is 1.10 bits per heavy atom. The van der Waals surface area contributed by atoms with Crippen LogP contribution in [0.2, 0.25) is 0 Å². The first-order valence-electron chi connectivity index (χ1n) is 9.08. The van der Waals surface area contributed by atoms with Crippen LogP contribution in [-0.2, 0) is 6.61 Å². The minimum absolute atomic E-state index is 0.0818. The molecule has 3 aromatic carbocycles. The molecule has 1 amide bonds. The summed E-state index contributed by atoms with van der Waals surface area (Å²) in [6.45, 7) is 0.0818. The van der Waals surface area contributed by atoms with Crippen molar-refractivity contribution in [3.63, 3.8) is 0 Å². The van der Waals surface area contributed by atoms with E-state index in [0.29, 0.717) is 22.5 Å². The Bertz CT molecular complexity index is 1240. The number of benzene rings is 3. The van der Waals surface area contributed by atoms with Gasteiger partial charge in [-0.25, -0.2) is 9.82 Å². The molecule has 0 aliphatic rings. The lowest BCUT2D eigenvalue weighted by atomic mass is 10.2. The zero-order valence-electron chi connectivity index (χ0n) is 15.6. The molecule has 0 bridgehead atoms. The van der Waals surface area contributed by atoms with Gasteiger partial charge in [-0.3, -0.25) is 4.79 Å². The molecule has 0 saturated heterocycles. The number of para-hydroxylation sites is 1. The van der Waals surface area contributed by atoms with Gasteiger partial charge in [-0.1, -0.05) is 46.3 Å². The largest absolute Gasteiger partial charge is 0.488 e. The fraction of sp³-hybridized carbons (Fsp3) is 0.0435. The van der Waals surface area contributed by atoms with Crippen molar-refractivity contribution in [1.29, 1.82) is 0 Å². The second kappa shape index (κ2) is 8.92. The van der Waals surface area contributed by atoms with Crippen LogP contribution in [0.25, 0.3) is 11.0 Å². The summed E-state index contributed by atoms with van der Waals surface area (Å²) in [7, 11) is 0. The first-order chi connectivity index (χ1) is 14.6. The smallest absolute Gasteiger partial charge is 0.307 e. The van der Waals surface area contributed by atoms with E-state index in [9.17, 15) is 9.18 Å². The summed E-state index contributed by atoms with van der Waals surface area (Å²) < 4.78 is 25.9. The van der Waals surface area contributed by atoms with Crippen molar-refractivity contribution in [2.75, 3.05) is 0 Å². The third-order valence-electron chi connectivity index (χ3n) is 4.33. The second-order valence-electron chi connectivity index (χ2n) is 6.41. The highest BCUT2D eigenvalue weighted by Gasteiger charge is 2.12. The molecular formula is C23H16BrFN2O3. The van der Waals surface area contributed by atoms with Gasteiger partial charge in [-0.2, -0.15) is 5.10 Å². The molecule has 7 heteroatoms. The van der Waals surface area contributed by atoms with Gasteiger partial charge in [-0.15, -0.1) is 0 Å². The Kier molecular flexibility index (Phi) is 5.90. The van der Waals surface area contributed by atoms with Crippen LogP contribution >= 0.6 is 15.9 Å². The summed E-state index contributed by atoms with van der Waals surface area (Å²) in [5.74, 6) is -0.117. The van der Waals surface area contributed by atoms with Crippen LogP contribution in [0.4, 0.5) is 4.39 Å². The van der Waals surface area contributed by atoms with E-state index in [0.717, 1.165) is 9.86 Å². The topological polar surface area (TPSA) is 63.8 Å². The van der Waals surface area contributed by atoms with Gasteiger partial charge in [0.2, 0.25) is 0 Å². The first-order valence-corrected chi connectivity index (χ1v) is 9.87. The van der Waals surface area contributed by atoms with Gasteiger partial charge in [0.15, 0.2) is 5.76 Å². The Labute approximate surface area is 180 Å². The van der Waals surface area contributed by atoms with Crippen molar-refractivity contribution in [3.05, 3.63) is 100.0 Å². The van der Waals surface area contributed by atoms with E-state index < -0.39 is 5.91 Å². The number of nitrogens with zero attached hydrogens (tertiary/aromatic N) is 1. The van der Waals surface area contributed by atoms with Crippen LogP contribution in [0.3, 0.4) is 0 Å². The molecule has 30 heavy (non-hydrogen) atoms. The maximum Gasteiger partial charge on any atom is 0.307 e. The number of hydrogen-bond donors (Lipinski definition) is 1. The molecule has 0 saturated carbocycles. The molecule has 1 aromatic heterocycles. The summed E-state index contributed by atoms with van der Waals surface area (Å²) in [5.41, 5.74) is 4.15. The molecule has 0 spiro atoms. The molecule has 4 aromatic rings. The molecule has 1 N–H and O–H groups in total. The SMILES string of the molecule is O=C(N/N=C/c1ccccc1OCc1ccccc1F)c1cc2cc(Br)ccc2o1. The molecule has 1 heterocycles. The fourth-order valence-corrected chi connectivity index (χ4v) is 3.21. The van der Waals surface area contributed by atoms with E-state index in [4.69, 9.17) is 9.15 Å². The lowest BCUT2D eigenvalue weighted by Gasteiger charge is -2.09. The van der Waals surface area contributed by atoms with Gasteiger partial charge in [0.25, 0.3) is 0 Å². The molecule has 0 unspecified atom stereocenters. The number of hydrogen-bond acceptors (Lipinski definition) is 4. The van der Waals surface area contributed by atoms with Gasteiger partial charge in [0, 0.05) is 21.0 Å². The maximum absolute atomic E-state index is 13.8. The van der Waals surface area contributed by atoms with Crippen molar-refractivity contribution >= 4 is 39.0 Å². The number of amides is 1. The Morgan fingerprint density at radius 3 is 2.77 bits per heavy atom. The van der Waals surface area contributed by atoms with E-state index in [1.165, 1.54) is 12.3 Å². The highest BCUT2D eigenvalue weighted by Crippen LogP contribution is 2.23. The Hall–Kier alpha value is -3.45. The van der Waals surface area contributed by atoms with E-state index in [-0.39, 0.29) is 18.2 Å². The zero-order valence-corrected chi connectivity index (χ0v) is 17.2. The number of carbonyl (C=O) groups excluding carboxylic acids is 1. The minimum Gasteiger partial charge on any atom is -0.488 e. The number of nitrogens with one attached hydrogen (secondary N) is 1. The number of furan rings is 1. The van der Waals surface area contributed by atoms with Crippen LogP contribution in [0.5, 0.6) is 5.75 Å². The van der Waals surface area contributed by atoms with Crippen LogP contribution in [-0.4, -0.2) is 12.1 Å². The molecular weight excluding hydrogens is 451 g/mol. The average molecular weight is 467 g/mol. The monoisotopic (exact) mass is 466 g/mol. The molecule has 5 nitrogen and oxygen atoms in total. The molecule has 4 rings (SSSR count). The predicted octanol–water partition coefficient (Wildman–Crippen LogP) is 5.68. The van der Waals surface area contributed by atoms with Gasteiger partial charge < -0.3 is 9.15 Å². The maximum atomic E-state index is 13.8. The molecule has 0 radical (unpaired) electrons. The van der Waals surface area contributed by atoms with Gasteiger partial charge in [-0.05, 0) is 42.5 Å². The van der Waals surface area contributed by atoms with Crippen LogP contribution in [0, 0.1) is 5.82 Å². The van der Waals surface area contributed by atoms with E-state index in [2.05, 4.69) is 26.5 Å². The molecule has 0 atom stereocenters. The van der Waals surface area contributed by atoms with Crippen LogP contribution < -0.4 is 10.2 Å². The lowest BCUT2D eigenvalue weighted by Crippen LogP contribution is -2.16. The first kappa shape index (κ1) is 19.8. The van der Waals surface area contributed by atoms with Crippen LogP contribution in [0.1, 0.15) is 21.7 Å². The molecule has 0 fully saturated rings. The minimum atomic E-state index is -0.469. The number of ether oxygens (including phenoxy) is 1. The quantitative estimate of drug-likeness (QED) is 0.293. The van der Waals surface area contributed by atoms with Crippen molar-refractivity contribution in [2.24, 2.45) is 5.10 Å². The van der Waals surface area contributed by atoms with Gasteiger partial charge in [0.1, 0.15) is 23.8 Å². The van der Waals surface area contributed by atoms with Crippen molar-refractivity contribution in [3.8, 4) is 5.75 Å². The zero-order chi connectivity index (χ0) is 20.9. The number of hydrazone groups is 1. The molecule has 0 aliphatic heterocycles. The number of halogens is 2. The number of rotatable bonds is 6. The third kappa shape index (κ3) is 4.58. The summed E-state index contributed by atoms with van der Waals surface area (Å²) in [6.07, 6.45) is 1.47. The van der Waals surface area contributed by atoms with Gasteiger partial charge >= 0.3 is 5.91 Å². The average Bonchev–Trinajstić information content (AvgIpc) is 3.17. The fourth-order valence-electron chi connectivity index (χ4n) is 2.83. The second-order valence-corrected chi connectivity index (χ2v) is 7.33. The number of fused-ring (bicyclic) bond motifs is 1. The van der Waals surface area contributed by atoms with E-state index in [1.807, 2.05) is 18.2 Å². The Balaban J connectivity index is 1.43. The standard InChI is InChI=1S/C23H16BrFN2O3/c24-18-9-10-21-17(11-18)12-22(30-21)23(28)27-26-13-15-5-2-4-8-20(15)29-14-16-6-1-3-7-19(16)25/h1-13H,14H2,(H,27,28)/b26-13+. The van der Waals surface area contributed by atoms with E-state index in [1.54, 1.807) is 48.5 Å². The highest BCUT2D eigenvalue weighted by atomic mass is 79.9. The summed E-state index contributed by atoms with van der Waals surface area (Å²) >= 11 is 3.39. The predicted molar refractivity (Wildman–Crippen MR) is 116 cm³/mol. The third-order valence-corrected chi connectivity index (χ3v) is 4.83.